The molecule has 2 heterocycles. The van der Waals surface area contributed by atoms with Crippen LogP contribution in [-0.4, -0.2) is 40.7 Å². The lowest BCUT2D eigenvalue weighted by Gasteiger charge is -2.33. The van der Waals surface area contributed by atoms with E-state index in [1.807, 2.05) is 4.90 Å². The molecule has 0 aromatic heterocycles. The van der Waals surface area contributed by atoms with Gasteiger partial charge < -0.3 is 10.2 Å². The van der Waals surface area contributed by atoms with Crippen LogP contribution in [0.15, 0.2) is 0 Å². The van der Waals surface area contributed by atoms with E-state index in [9.17, 15) is 4.79 Å². The van der Waals surface area contributed by atoms with Crippen LogP contribution in [0, 0.1) is 0 Å². The van der Waals surface area contributed by atoms with E-state index in [1.165, 1.54) is 0 Å². The van der Waals surface area contributed by atoms with Gasteiger partial charge in [-0.25, -0.2) is 4.79 Å². The summed E-state index contributed by atoms with van der Waals surface area (Å²) in [6.07, 6.45) is 0.268. The zero-order chi connectivity index (χ0) is 7.84. The first kappa shape index (κ1) is 7.60. The molecule has 2 fully saturated rings. The maximum atomic E-state index is 11.2. The van der Waals surface area contributed by atoms with Crippen LogP contribution in [-0.2, 0) is 0 Å². The summed E-state index contributed by atoms with van der Waals surface area (Å²) >= 11 is 2.37. The standard InChI is InChI=1S/C6H10IN3O/c7-4-3-9-6(11)10-2-1-8-5(4)10/h4-5,8H,1-3H2,(H,9,11). The molecule has 62 valence electrons. The Balaban J connectivity index is 2.14. The number of fused-ring (bicyclic) bond motifs is 1. The molecule has 2 N–H and O–H groups in total. The van der Waals surface area contributed by atoms with Crippen LogP contribution < -0.4 is 10.6 Å². The van der Waals surface area contributed by atoms with Gasteiger partial charge in [-0.05, 0) is 0 Å². The number of nitrogens with zero attached hydrogens (tertiary/aromatic N) is 1. The van der Waals surface area contributed by atoms with Crippen molar-refractivity contribution < 1.29 is 4.79 Å². The molecule has 2 aliphatic rings. The third-order valence-corrected chi connectivity index (χ3v) is 3.22. The van der Waals surface area contributed by atoms with E-state index in [4.69, 9.17) is 0 Å². The van der Waals surface area contributed by atoms with Crippen molar-refractivity contribution >= 4 is 28.6 Å². The summed E-state index contributed by atoms with van der Waals surface area (Å²) < 4.78 is 0.493. The zero-order valence-corrected chi connectivity index (χ0v) is 8.17. The second-order valence-corrected chi connectivity index (χ2v) is 4.39. The van der Waals surface area contributed by atoms with Crippen LogP contribution in [0.4, 0.5) is 4.79 Å². The Kier molecular flexibility index (Phi) is 1.92. The Labute approximate surface area is 78.8 Å². The Morgan fingerprint density at radius 3 is 3.18 bits per heavy atom. The van der Waals surface area contributed by atoms with Crippen molar-refractivity contribution in [3.05, 3.63) is 0 Å². The Bertz CT molecular complexity index is 187. The molecule has 2 rings (SSSR count). The van der Waals surface area contributed by atoms with Gasteiger partial charge in [-0.3, -0.25) is 5.32 Å². The Morgan fingerprint density at radius 1 is 1.64 bits per heavy atom. The lowest BCUT2D eigenvalue weighted by molar-refractivity contribution is 0.176. The van der Waals surface area contributed by atoms with Gasteiger partial charge in [-0.1, -0.05) is 22.6 Å². The minimum absolute atomic E-state index is 0.0768. The highest BCUT2D eigenvalue weighted by Crippen LogP contribution is 2.17. The fourth-order valence-electron chi connectivity index (χ4n) is 1.53. The van der Waals surface area contributed by atoms with Gasteiger partial charge in [-0.2, -0.15) is 0 Å². The van der Waals surface area contributed by atoms with Crippen LogP contribution in [0.2, 0.25) is 0 Å². The molecule has 11 heavy (non-hydrogen) atoms. The summed E-state index contributed by atoms with van der Waals surface area (Å²) in [4.78, 5) is 13.1. The minimum Gasteiger partial charge on any atom is -0.337 e. The van der Waals surface area contributed by atoms with E-state index in [-0.39, 0.29) is 12.2 Å². The summed E-state index contributed by atoms with van der Waals surface area (Å²) in [7, 11) is 0. The van der Waals surface area contributed by atoms with Gasteiger partial charge in [0, 0.05) is 19.6 Å². The average Bonchev–Trinajstić information content (AvgIpc) is 2.45. The quantitative estimate of drug-likeness (QED) is 0.469. The van der Waals surface area contributed by atoms with Crippen molar-refractivity contribution in [3.8, 4) is 0 Å². The number of rotatable bonds is 0. The summed E-state index contributed by atoms with van der Waals surface area (Å²) in [6.45, 7) is 2.56. The van der Waals surface area contributed by atoms with Gasteiger partial charge >= 0.3 is 6.03 Å². The van der Waals surface area contributed by atoms with Crippen molar-refractivity contribution in [3.63, 3.8) is 0 Å². The molecule has 0 spiro atoms. The van der Waals surface area contributed by atoms with Crippen molar-refractivity contribution in [1.82, 2.24) is 15.5 Å². The summed E-state index contributed by atoms with van der Waals surface area (Å²) in [5.41, 5.74) is 0. The first-order chi connectivity index (χ1) is 5.29. The van der Waals surface area contributed by atoms with Crippen molar-refractivity contribution in [2.24, 2.45) is 0 Å². The van der Waals surface area contributed by atoms with Crippen LogP contribution in [0.5, 0.6) is 0 Å². The fourth-order valence-corrected chi connectivity index (χ4v) is 2.39. The number of carbonyl (C=O) groups excluding carboxylic acids is 1. The van der Waals surface area contributed by atoms with Gasteiger partial charge in [-0.15, -0.1) is 0 Å². The summed E-state index contributed by atoms with van der Waals surface area (Å²) in [6, 6.07) is 0.0768. The Morgan fingerprint density at radius 2 is 2.45 bits per heavy atom. The van der Waals surface area contributed by atoms with Crippen molar-refractivity contribution in [2.45, 2.75) is 10.1 Å². The van der Waals surface area contributed by atoms with E-state index < -0.39 is 0 Å². The molecule has 0 aromatic rings. The number of halogens is 1. The molecule has 0 radical (unpaired) electrons. The molecule has 2 amide bonds. The van der Waals surface area contributed by atoms with E-state index >= 15 is 0 Å². The zero-order valence-electron chi connectivity index (χ0n) is 6.01. The molecule has 0 aliphatic carbocycles. The second-order valence-electron chi connectivity index (χ2n) is 2.79. The average molecular weight is 267 g/mol. The lowest BCUT2D eigenvalue weighted by Crippen LogP contribution is -2.58. The van der Waals surface area contributed by atoms with E-state index in [0.717, 1.165) is 19.6 Å². The SMILES string of the molecule is O=C1NCC(I)C2NCCN12. The summed E-state index contributed by atoms with van der Waals surface area (Å²) in [5, 5.41) is 6.14. The second kappa shape index (κ2) is 2.78. The highest BCUT2D eigenvalue weighted by molar-refractivity contribution is 14.1. The third kappa shape index (κ3) is 1.20. The van der Waals surface area contributed by atoms with Gasteiger partial charge in [0.2, 0.25) is 0 Å². The van der Waals surface area contributed by atoms with Crippen molar-refractivity contribution in [1.29, 1.82) is 0 Å². The minimum atomic E-state index is 0.0768. The smallest absolute Gasteiger partial charge is 0.318 e. The molecule has 2 saturated heterocycles. The van der Waals surface area contributed by atoms with Crippen molar-refractivity contribution in [2.75, 3.05) is 19.6 Å². The van der Waals surface area contributed by atoms with Crippen LogP contribution >= 0.6 is 22.6 Å². The molecule has 2 atom stereocenters. The molecule has 4 nitrogen and oxygen atoms in total. The number of hydrogen-bond donors (Lipinski definition) is 2. The topological polar surface area (TPSA) is 44.4 Å². The molecule has 0 bridgehead atoms. The predicted octanol–water partition coefficient (Wildman–Crippen LogP) is -0.256. The maximum absolute atomic E-state index is 11.2. The van der Waals surface area contributed by atoms with Gasteiger partial charge in [0.1, 0.15) is 0 Å². The number of hydrogen-bond acceptors (Lipinski definition) is 2. The number of urea groups is 1. The van der Waals surface area contributed by atoms with Crippen LogP contribution in [0.3, 0.4) is 0 Å². The van der Waals surface area contributed by atoms with Gasteiger partial charge in [0.05, 0.1) is 10.1 Å². The fraction of sp³-hybridized carbons (Fsp3) is 0.833. The van der Waals surface area contributed by atoms with Crippen LogP contribution in [0.25, 0.3) is 0 Å². The van der Waals surface area contributed by atoms with E-state index in [0.29, 0.717) is 3.92 Å². The number of nitrogens with one attached hydrogen (secondary N) is 2. The normalized spacial score (nSPS) is 36.8. The molecule has 5 heteroatoms. The summed E-state index contributed by atoms with van der Waals surface area (Å²) in [5.74, 6) is 0. The third-order valence-electron chi connectivity index (χ3n) is 2.09. The van der Waals surface area contributed by atoms with Gasteiger partial charge in [0.15, 0.2) is 0 Å². The van der Waals surface area contributed by atoms with Gasteiger partial charge in [0.25, 0.3) is 0 Å². The first-order valence-electron chi connectivity index (χ1n) is 3.71. The Hall–Kier alpha value is -0.0400. The molecule has 0 aromatic carbocycles. The number of alkyl halides is 1. The molecular weight excluding hydrogens is 257 g/mol. The van der Waals surface area contributed by atoms with E-state index in [1.54, 1.807) is 0 Å². The molecule has 0 saturated carbocycles. The molecule has 2 unspecified atom stereocenters. The monoisotopic (exact) mass is 267 g/mol. The number of amides is 2. The molecular formula is C6H10IN3O. The maximum Gasteiger partial charge on any atom is 0.318 e. The number of carbonyl (C=O) groups is 1. The molecule has 2 aliphatic heterocycles. The first-order valence-corrected chi connectivity index (χ1v) is 4.95. The largest absolute Gasteiger partial charge is 0.337 e. The van der Waals surface area contributed by atoms with E-state index in [2.05, 4.69) is 33.2 Å². The predicted molar refractivity (Wildman–Crippen MR) is 49.7 cm³/mol. The highest BCUT2D eigenvalue weighted by atomic mass is 127. The highest BCUT2D eigenvalue weighted by Gasteiger charge is 2.36. The van der Waals surface area contributed by atoms with Crippen LogP contribution in [0.1, 0.15) is 0 Å². The lowest BCUT2D eigenvalue weighted by atomic mass is 10.3.